The SMILES string of the molecule is C=Cc1c(C)cccc1S(=O)(=O)[O-].O.[Na+]. The molecule has 0 unspecified atom stereocenters. The summed E-state index contributed by atoms with van der Waals surface area (Å²) < 4.78 is 32.3. The molecule has 1 aromatic carbocycles. The van der Waals surface area contributed by atoms with Crippen LogP contribution in [0.25, 0.3) is 6.08 Å². The van der Waals surface area contributed by atoms with Crippen molar-refractivity contribution >= 4 is 16.2 Å². The Hall–Kier alpha value is -0.170. The van der Waals surface area contributed by atoms with Gasteiger partial charge in [-0.2, -0.15) is 0 Å². The predicted molar refractivity (Wildman–Crippen MR) is 52.8 cm³/mol. The van der Waals surface area contributed by atoms with Gasteiger partial charge in [-0.15, -0.1) is 0 Å². The minimum Gasteiger partial charge on any atom is -0.744 e. The van der Waals surface area contributed by atoms with E-state index in [0.717, 1.165) is 5.56 Å². The van der Waals surface area contributed by atoms with E-state index >= 15 is 0 Å². The van der Waals surface area contributed by atoms with E-state index in [1.54, 1.807) is 13.0 Å². The van der Waals surface area contributed by atoms with Gasteiger partial charge in [0.15, 0.2) is 0 Å². The van der Waals surface area contributed by atoms with Crippen LogP contribution < -0.4 is 29.6 Å². The summed E-state index contributed by atoms with van der Waals surface area (Å²) >= 11 is 0. The van der Waals surface area contributed by atoms with Crippen LogP contribution in [0.2, 0.25) is 0 Å². The van der Waals surface area contributed by atoms with Crippen LogP contribution in [0.4, 0.5) is 0 Å². The molecule has 1 rings (SSSR count). The fourth-order valence-corrected chi connectivity index (χ4v) is 1.89. The maximum Gasteiger partial charge on any atom is 1.00 e. The Bertz CT molecular complexity index is 439. The summed E-state index contributed by atoms with van der Waals surface area (Å²) in [4.78, 5) is -0.206. The fraction of sp³-hybridized carbons (Fsp3) is 0.111. The molecule has 1 aromatic rings. The first-order valence-corrected chi connectivity index (χ1v) is 5.05. The van der Waals surface area contributed by atoms with E-state index in [0.29, 0.717) is 5.56 Å². The Morgan fingerprint density at radius 3 is 2.27 bits per heavy atom. The fourth-order valence-electron chi connectivity index (χ4n) is 1.13. The number of aryl methyl sites for hydroxylation is 1. The number of rotatable bonds is 2. The van der Waals surface area contributed by atoms with E-state index in [-0.39, 0.29) is 39.9 Å². The van der Waals surface area contributed by atoms with Gasteiger partial charge in [-0.25, -0.2) is 8.42 Å². The third-order valence-corrected chi connectivity index (χ3v) is 2.65. The second-order valence-electron chi connectivity index (χ2n) is 2.64. The third kappa shape index (κ3) is 4.06. The molecule has 0 fully saturated rings. The predicted octanol–water partition coefficient (Wildman–Crippen LogP) is -2.28. The van der Waals surface area contributed by atoms with Crippen LogP contribution in [0.3, 0.4) is 0 Å². The van der Waals surface area contributed by atoms with Crippen molar-refractivity contribution in [3.8, 4) is 0 Å². The molecule has 0 aliphatic carbocycles. The quantitative estimate of drug-likeness (QED) is 0.429. The normalized spacial score (nSPS) is 9.73. The van der Waals surface area contributed by atoms with Gasteiger partial charge in [0.1, 0.15) is 10.1 Å². The molecule has 0 aliphatic rings. The second kappa shape index (κ2) is 6.42. The first kappa shape index (κ1) is 17.2. The topological polar surface area (TPSA) is 88.7 Å². The van der Waals surface area contributed by atoms with Crippen LogP contribution in [0, 0.1) is 6.92 Å². The number of hydrogen-bond acceptors (Lipinski definition) is 3. The Morgan fingerprint density at radius 2 is 1.93 bits per heavy atom. The van der Waals surface area contributed by atoms with Gasteiger partial charge in [-0.1, -0.05) is 24.8 Å². The maximum absolute atomic E-state index is 10.8. The van der Waals surface area contributed by atoms with Crippen molar-refractivity contribution in [3.05, 3.63) is 35.9 Å². The molecule has 6 heteroatoms. The minimum atomic E-state index is -4.39. The third-order valence-electron chi connectivity index (χ3n) is 1.76. The standard InChI is InChI=1S/C9H10O3S.Na.H2O/c1-3-8-7(2)5-4-6-9(8)13(10,11)12;;/h3-6H,1H2,2H3,(H,10,11,12);;1H2/q;+1;/p-1. The summed E-state index contributed by atoms with van der Waals surface area (Å²) in [6.07, 6.45) is 1.38. The molecule has 0 atom stereocenters. The first-order valence-electron chi connectivity index (χ1n) is 3.65. The van der Waals surface area contributed by atoms with Gasteiger partial charge in [-0.05, 0) is 24.1 Å². The molecule has 2 N–H and O–H groups in total. The van der Waals surface area contributed by atoms with Gasteiger partial charge in [0.25, 0.3) is 0 Å². The van der Waals surface area contributed by atoms with Crippen molar-refractivity contribution in [1.82, 2.24) is 0 Å². The van der Waals surface area contributed by atoms with Crippen molar-refractivity contribution in [2.75, 3.05) is 0 Å². The summed E-state index contributed by atoms with van der Waals surface area (Å²) in [5, 5.41) is 0. The van der Waals surface area contributed by atoms with E-state index in [9.17, 15) is 13.0 Å². The largest absolute Gasteiger partial charge is 1.00 e. The van der Waals surface area contributed by atoms with E-state index in [1.165, 1.54) is 18.2 Å². The summed E-state index contributed by atoms with van der Waals surface area (Å²) in [5.74, 6) is 0. The zero-order valence-electron chi connectivity index (χ0n) is 8.65. The van der Waals surface area contributed by atoms with E-state index in [4.69, 9.17) is 0 Å². The molecule has 4 nitrogen and oxygen atoms in total. The van der Waals surface area contributed by atoms with Crippen molar-refractivity contribution in [2.45, 2.75) is 11.8 Å². The van der Waals surface area contributed by atoms with Crippen LogP contribution in [0.5, 0.6) is 0 Å². The van der Waals surface area contributed by atoms with Crippen LogP contribution >= 0.6 is 0 Å². The smallest absolute Gasteiger partial charge is 0.744 e. The minimum absolute atomic E-state index is 0. The van der Waals surface area contributed by atoms with E-state index < -0.39 is 10.1 Å². The molecule has 0 heterocycles. The van der Waals surface area contributed by atoms with Gasteiger partial charge in [-0.3, -0.25) is 0 Å². The van der Waals surface area contributed by atoms with Crippen molar-refractivity contribution in [2.24, 2.45) is 0 Å². The van der Waals surface area contributed by atoms with Crippen molar-refractivity contribution < 1.29 is 48.0 Å². The van der Waals surface area contributed by atoms with Crippen LogP contribution in [-0.4, -0.2) is 18.4 Å². The summed E-state index contributed by atoms with van der Waals surface area (Å²) in [5.41, 5.74) is 1.12. The van der Waals surface area contributed by atoms with Gasteiger partial charge >= 0.3 is 29.6 Å². The molecule has 0 spiro atoms. The summed E-state index contributed by atoms with van der Waals surface area (Å²) in [6, 6.07) is 4.55. The monoisotopic (exact) mass is 238 g/mol. The molecule has 15 heavy (non-hydrogen) atoms. The molecule has 0 saturated heterocycles. The average Bonchev–Trinajstić information content (AvgIpc) is 2.02. The van der Waals surface area contributed by atoms with Crippen LogP contribution in [0.1, 0.15) is 11.1 Å². The van der Waals surface area contributed by atoms with Gasteiger partial charge in [0, 0.05) is 0 Å². The molecule has 0 saturated carbocycles. The molecule has 0 radical (unpaired) electrons. The zero-order chi connectivity index (χ0) is 10.1. The molecule has 0 aromatic heterocycles. The Labute approximate surface area is 111 Å². The van der Waals surface area contributed by atoms with Crippen LogP contribution in [-0.2, 0) is 10.1 Å². The average molecular weight is 238 g/mol. The van der Waals surface area contributed by atoms with Gasteiger partial charge in [0.05, 0.1) is 4.90 Å². The number of hydrogen-bond donors (Lipinski definition) is 0. The number of benzene rings is 1. The van der Waals surface area contributed by atoms with E-state index in [2.05, 4.69) is 6.58 Å². The molecule has 0 aliphatic heterocycles. The second-order valence-corrected chi connectivity index (χ2v) is 3.99. The van der Waals surface area contributed by atoms with Crippen molar-refractivity contribution in [1.29, 1.82) is 0 Å². The van der Waals surface area contributed by atoms with E-state index in [1.807, 2.05) is 0 Å². The molecular formula is C9H11NaO4S. The Morgan fingerprint density at radius 1 is 1.40 bits per heavy atom. The maximum atomic E-state index is 10.8. The Kier molecular flexibility index (Phi) is 7.38. The van der Waals surface area contributed by atoms with Crippen molar-refractivity contribution in [3.63, 3.8) is 0 Å². The molecular weight excluding hydrogens is 227 g/mol. The molecule has 0 amide bonds. The van der Waals surface area contributed by atoms with Gasteiger partial charge in [0.2, 0.25) is 0 Å². The molecule has 78 valence electrons. The summed E-state index contributed by atoms with van der Waals surface area (Å²) in [6.45, 7) is 5.19. The summed E-state index contributed by atoms with van der Waals surface area (Å²) in [7, 11) is -4.39. The van der Waals surface area contributed by atoms with Gasteiger partial charge < -0.3 is 10.0 Å². The van der Waals surface area contributed by atoms with Crippen LogP contribution in [0.15, 0.2) is 29.7 Å². The molecule has 0 bridgehead atoms. The zero-order valence-corrected chi connectivity index (χ0v) is 11.5. The Balaban J connectivity index is 0. The first-order chi connectivity index (χ1) is 5.96.